The molecule has 1 unspecified atom stereocenters. The third-order valence-electron chi connectivity index (χ3n) is 5.68. The van der Waals surface area contributed by atoms with Crippen LogP contribution in [0.1, 0.15) is 40.2 Å². The summed E-state index contributed by atoms with van der Waals surface area (Å²) in [5, 5.41) is 11.5. The van der Waals surface area contributed by atoms with Gasteiger partial charge in [-0.25, -0.2) is 4.79 Å². The minimum atomic E-state index is -0.546. The molecule has 1 aliphatic rings. The van der Waals surface area contributed by atoms with Crippen molar-refractivity contribution in [2.75, 3.05) is 26.2 Å². The molecule has 0 bridgehead atoms. The molecule has 0 radical (unpaired) electrons. The van der Waals surface area contributed by atoms with Gasteiger partial charge in [-0.2, -0.15) is 0 Å². The van der Waals surface area contributed by atoms with Crippen molar-refractivity contribution < 1.29 is 4.79 Å². The van der Waals surface area contributed by atoms with Crippen LogP contribution in [0.25, 0.3) is 0 Å². The maximum absolute atomic E-state index is 12.7. The van der Waals surface area contributed by atoms with Crippen LogP contribution in [-0.4, -0.2) is 53.9 Å². The van der Waals surface area contributed by atoms with Crippen LogP contribution in [0.15, 0.2) is 28.7 Å². The van der Waals surface area contributed by atoms with E-state index in [1.807, 2.05) is 36.1 Å². The molecule has 6 heteroatoms. The van der Waals surface area contributed by atoms with E-state index in [0.717, 1.165) is 23.1 Å². The molecule has 2 amide bonds. The third kappa shape index (κ3) is 4.46. The van der Waals surface area contributed by atoms with Crippen LogP contribution in [0.3, 0.4) is 0 Å². The number of benzene rings is 1. The van der Waals surface area contributed by atoms with Gasteiger partial charge < -0.3 is 4.90 Å². The van der Waals surface area contributed by atoms with Gasteiger partial charge >= 0.3 is 6.03 Å². The summed E-state index contributed by atoms with van der Waals surface area (Å²) in [6.45, 7) is 13.7. The average molecular weight is 423 g/mol. The molecule has 1 aliphatic heterocycles. The summed E-state index contributed by atoms with van der Waals surface area (Å²) >= 11 is 3.46. The minimum Gasteiger partial charge on any atom is -0.322 e. The van der Waals surface area contributed by atoms with Crippen LogP contribution < -0.4 is 5.32 Å². The highest BCUT2D eigenvalue weighted by Crippen LogP contribution is 2.33. The normalized spacial score (nSPS) is 18.1. The molecule has 26 heavy (non-hydrogen) atoms. The van der Waals surface area contributed by atoms with Crippen molar-refractivity contribution in [2.45, 2.75) is 46.1 Å². The maximum Gasteiger partial charge on any atom is 0.322 e. The largest absolute Gasteiger partial charge is 0.322 e. The number of nitrogens with zero attached hydrogens (tertiary/aromatic N) is 2. The minimum absolute atomic E-state index is 0.164. The first-order chi connectivity index (χ1) is 12.2. The van der Waals surface area contributed by atoms with Crippen molar-refractivity contribution in [2.24, 2.45) is 5.92 Å². The first-order valence-electron chi connectivity index (χ1n) is 9.31. The predicted molar refractivity (Wildman–Crippen MR) is 111 cm³/mol. The smallest absolute Gasteiger partial charge is 0.322 e. The summed E-state index contributed by atoms with van der Waals surface area (Å²) in [5.74, 6) is 0.431. The number of amides is 2. The van der Waals surface area contributed by atoms with E-state index in [0.29, 0.717) is 19.1 Å². The Morgan fingerprint density at radius 2 is 1.65 bits per heavy atom. The van der Waals surface area contributed by atoms with E-state index < -0.39 is 5.41 Å². The fraction of sp³-hybridized carbons (Fsp3) is 0.600. The molecule has 1 heterocycles. The van der Waals surface area contributed by atoms with Gasteiger partial charge in [-0.1, -0.05) is 41.9 Å². The van der Waals surface area contributed by atoms with E-state index >= 15 is 0 Å². The van der Waals surface area contributed by atoms with E-state index in [9.17, 15) is 4.79 Å². The molecule has 1 fully saturated rings. The Bertz CT molecular complexity index is 636. The molecule has 0 spiro atoms. The first kappa shape index (κ1) is 20.9. The van der Waals surface area contributed by atoms with Crippen molar-refractivity contribution in [3.8, 4) is 0 Å². The lowest BCUT2D eigenvalue weighted by Crippen LogP contribution is -2.56. The van der Waals surface area contributed by atoms with Gasteiger partial charge in [-0.05, 0) is 44.4 Å². The predicted octanol–water partition coefficient (Wildman–Crippen LogP) is 4.08. The van der Waals surface area contributed by atoms with Gasteiger partial charge in [0, 0.05) is 36.7 Å². The lowest BCUT2D eigenvalue weighted by molar-refractivity contribution is 0.121. The summed E-state index contributed by atoms with van der Waals surface area (Å²) in [6, 6.07) is 8.34. The van der Waals surface area contributed by atoms with Crippen LogP contribution >= 0.6 is 15.9 Å². The quantitative estimate of drug-likeness (QED) is 0.567. The number of carbonyl (C=O) groups excluding carboxylic acids is 1. The van der Waals surface area contributed by atoms with E-state index in [-0.39, 0.29) is 17.8 Å². The van der Waals surface area contributed by atoms with Gasteiger partial charge in [0.25, 0.3) is 0 Å². The number of hydrogen-bond donors (Lipinski definition) is 2. The Balaban J connectivity index is 2.08. The number of piperazine rings is 1. The van der Waals surface area contributed by atoms with Crippen molar-refractivity contribution in [3.05, 3.63) is 34.3 Å². The fourth-order valence-corrected chi connectivity index (χ4v) is 3.58. The standard InChI is InChI=1S/C20H31BrN4O/c1-14(2)20(5,16-6-8-17(21)9-7-16)18(22)23-19(26)25-12-10-24(11-13-25)15(3)4/h6-9,14-15H,10-13H2,1-5H3,(H2,22,23,26). The summed E-state index contributed by atoms with van der Waals surface area (Å²) in [5.41, 5.74) is 0.487. The van der Waals surface area contributed by atoms with E-state index in [1.54, 1.807) is 0 Å². The van der Waals surface area contributed by atoms with Crippen LogP contribution in [0.2, 0.25) is 0 Å². The molecule has 1 aromatic rings. The molecule has 0 aromatic heterocycles. The lowest BCUT2D eigenvalue weighted by Gasteiger charge is -2.39. The summed E-state index contributed by atoms with van der Waals surface area (Å²) in [7, 11) is 0. The summed E-state index contributed by atoms with van der Waals surface area (Å²) in [6.07, 6.45) is 0. The van der Waals surface area contributed by atoms with Gasteiger partial charge in [0.15, 0.2) is 0 Å². The Kier molecular flexibility index (Phi) is 6.86. The van der Waals surface area contributed by atoms with Gasteiger partial charge in [0.2, 0.25) is 0 Å². The van der Waals surface area contributed by atoms with Gasteiger partial charge in [-0.3, -0.25) is 15.6 Å². The Morgan fingerprint density at radius 1 is 1.12 bits per heavy atom. The molecule has 1 saturated heterocycles. The second-order valence-electron chi connectivity index (χ2n) is 7.79. The van der Waals surface area contributed by atoms with E-state index in [2.05, 4.69) is 53.8 Å². The fourth-order valence-electron chi connectivity index (χ4n) is 3.32. The highest BCUT2D eigenvalue weighted by atomic mass is 79.9. The first-order valence-corrected chi connectivity index (χ1v) is 10.1. The maximum atomic E-state index is 12.7. The zero-order valence-electron chi connectivity index (χ0n) is 16.5. The van der Waals surface area contributed by atoms with E-state index in [1.165, 1.54) is 0 Å². The molecular formula is C20H31BrN4O. The van der Waals surface area contributed by atoms with Crippen LogP contribution in [0.4, 0.5) is 4.79 Å². The van der Waals surface area contributed by atoms with Crippen LogP contribution in [0.5, 0.6) is 0 Å². The molecule has 0 saturated carbocycles. The summed E-state index contributed by atoms with van der Waals surface area (Å²) < 4.78 is 1.01. The average Bonchev–Trinajstić information content (AvgIpc) is 2.61. The van der Waals surface area contributed by atoms with Gasteiger partial charge in [0.05, 0.1) is 5.41 Å². The number of carbonyl (C=O) groups is 1. The summed E-state index contributed by atoms with van der Waals surface area (Å²) in [4.78, 5) is 16.9. The number of nitrogens with one attached hydrogen (secondary N) is 2. The van der Waals surface area contributed by atoms with Crippen molar-refractivity contribution in [3.63, 3.8) is 0 Å². The molecule has 5 nitrogen and oxygen atoms in total. The molecule has 0 aliphatic carbocycles. The zero-order valence-corrected chi connectivity index (χ0v) is 18.1. The molecule has 1 atom stereocenters. The zero-order chi connectivity index (χ0) is 19.5. The monoisotopic (exact) mass is 422 g/mol. The molecular weight excluding hydrogens is 392 g/mol. The highest BCUT2D eigenvalue weighted by molar-refractivity contribution is 9.10. The van der Waals surface area contributed by atoms with Crippen LogP contribution in [0, 0.1) is 11.3 Å². The Labute approximate surface area is 165 Å². The third-order valence-corrected chi connectivity index (χ3v) is 6.21. The van der Waals surface area contributed by atoms with Crippen molar-refractivity contribution >= 4 is 27.8 Å². The molecule has 1 aromatic carbocycles. The van der Waals surface area contributed by atoms with Crippen LogP contribution in [-0.2, 0) is 5.41 Å². The second kappa shape index (κ2) is 8.53. The number of halogens is 1. The lowest BCUT2D eigenvalue weighted by atomic mass is 9.72. The Hall–Kier alpha value is -1.40. The number of rotatable bonds is 4. The van der Waals surface area contributed by atoms with Crippen molar-refractivity contribution in [1.29, 1.82) is 5.41 Å². The SMILES string of the molecule is CC(C)N1CCN(C(=O)NC(=N)C(C)(c2ccc(Br)cc2)C(C)C)CC1. The van der Waals surface area contributed by atoms with Gasteiger partial charge in [0.1, 0.15) is 5.84 Å². The number of urea groups is 1. The molecule has 144 valence electrons. The highest BCUT2D eigenvalue weighted by Gasteiger charge is 2.37. The topological polar surface area (TPSA) is 59.4 Å². The number of amidine groups is 1. The molecule has 2 rings (SSSR count). The Morgan fingerprint density at radius 3 is 2.12 bits per heavy atom. The van der Waals surface area contributed by atoms with Crippen molar-refractivity contribution in [1.82, 2.24) is 15.1 Å². The second-order valence-corrected chi connectivity index (χ2v) is 8.70. The van der Waals surface area contributed by atoms with Gasteiger partial charge in [-0.15, -0.1) is 0 Å². The number of hydrogen-bond acceptors (Lipinski definition) is 3. The van der Waals surface area contributed by atoms with E-state index in [4.69, 9.17) is 5.41 Å². The molecule has 2 N–H and O–H groups in total.